The SMILES string of the molecule is CC(C)CN(C(=O)c1ccc2ccccc2n1)c1c(N)n(CC(C)C)c(=O)[nH]c1=O. The molecule has 0 saturated heterocycles. The number of carbonyl (C=O) groups is 1. The highest BCUT2D eigenvalue weighted by atomic mass is 16.2. The first-order valence-corrected chi connectivity index (χ1v) is 9.99. The van der Waals surface area contributed by atoms with E-state index in [0.717, 1.165) is 5.39 Å². The first-order valence-electron chi connectivity index (χ1n) is 9.99. The van der Waals surface area contributed by atoms with Crippen molar-refractivity contribution in [1.82, 2.24) is 14.5 Å². The normalized spacial score (nSPS) is 11.4. The van der Waals surface area contributed by atoms with Gasteiger partial charge in [-0.2, -0.15) is 0 Å². The van der Waals surface area contributed by atoms with Crippen molar-refractivity contribution in [1.29, 1.82) is 0 Å². The van der Waals surface area contributed by atoms with Crippen LogP contribution < -0.4 is 21.9 Å². The van der Waals surface area contributed by atoms with Crippen molar-refractivity contribution in [3.8, 4) is 0 Å². The molecule has 158 valence electrons. The van der Waals surface area contributed by atoms with E-state index >= 15 is 0 Å². The number of nitrogens with zero attached hydrogens (tertiary/aromatic N) is 3. The van der Waals surface area contributed by atoms with Crippen molar-refractivity contribution >= 4 is 28.3 Å². The summed E-state index contributed by atoms with van der Waals surface area (Å²) < 4.78 is 1.30. The monoisotopic (exact) mass is 409 g/mol. The van der Waals surface area contributed by atoms with Crippen molar-refractivity contribution in [3.63, 3.8) is 0 Å². The number of hydrogen-bond acceptors (Lipinski definition) is 5. The summed E-state index contributed by atoms with van der Waals surface area (Å²) in [6.45, 7) is 8.32. The summed E-state index contributed by atoms with van der Waals surface area (Å²) in [4.78, 5) is 46.5. The number of nitrogens with one attached hydrogen (secondary N) is 1. The van der Waals surface area contributed by atoms with E-state index in [1.807, 2.05) is 58.0 Å². The molecule has 8 heteroatoms. The molecule has 2 heterocycles. The van der Waals surface area contributed by atoms with Crippen molar-refractivity contribution in [2.45, 2.75) is 34.2 Å². The number of para-hydroxylation sites is 1. The Morgan fingerprint density at radius 3 is 2.47 bits per heavy atom. The smallest absolute Gasteiger partial charge is 0.330 e. The molecule has 1 aromatic carbocycles. The molecule has 30 heavy (non-hydrogen) atoms. The second-order valence-electron chi connectivity index (χ2n) is 8.20. The Labute approximate surface area is 174 Å². The molecule has 0 aliphatic carbocycles. The molecule has 8 nitrogen and oxygen atoms in total. The van der Waals surface area contributed by atoms with Gasteiger partial charge in [-0.1, -0.05) is 52.0 Å². The summed E-state index contributed by atoms with van der Waals surface area (Å²) in [5, 5.41) is 0.910. The largest absolute Gasteiger partial charge is 0.383 e. The van der Waals surface area contributed by atoms with Gasteiger partial charge in [0.25, 0.3) is 11.5 Å². The van der Waals surface area contributed by atoms with Gasteiger partial charge in [-0.25, -0.2) is 9.78 Å². The highest BCUT2D eigenvalue weighted by molar-refractivity contribution is 6.07. The number of rotatable bonds is 6. The first-order chi connectivity index (χ1) is 14.2. The van der Waals surface area contributed by atoms with Gasteiger partial charge in [0.05, 0.1) is 5.52 Å². The van der Waals surface area contributed by atoms with Crippen LogP contribution in [0.5, 0.6) is 0 Å². The highest BCUT2D eigenvalue weighted by Crippen LogP contribution is 2.22. The average Bonchev–Trinajstić information content (AvgIpc) is 2.69. The fourth-order valence-corrected chi connectivity index (χ4v) is 3.35. The Balaban J connectivity index is 2.15. The Morgan fingerprint density at radius 2 is 1.80 bits per heavy atom. The zero-order valence-corrected chi connectivity index (χ0v) is 17.7. The van der Waals surface area contributed by atoms with Gasteiger partial charge in [0.2, 0.25) is 0 Å². The van der Waals surface area contributed by atoms with Gasteiger partial charge >= 0.3 is 5.69 Å². The number of nitrogen functional groups attached to an aromatic ring is 1. The zero-order chi connectivity index (χ0) is 22.0. The average molecular weight is 409 g/mol. The number of fused-ring (bicyclic) bond motifs is 1. The van der Waals surface area contributed by atoms with E-state index in [2.05, 4.69) is 9.97 Å². The number of pyridine rings is 1. The second-order valence-corrected chi connectivity index (χ2v) is 8.20. The second kappa shape index (κ2) is 8.52. The van der Waals surface area contributed by atoms with Crippen molar-refractivity contribution < 1.29 is 4.79 Å². The Hall–Kier alpha value is -3.42. The van der Waals surface area contributed by atoms with Gasteiger partial charge < -0.3 is 5.73 Å². The minimum atomic E-state index is -0.688. The Morgan fingerprint density at radius 1 is 1.10 bits per heavy atom. The van der Waals surface area contributed by atoms with Crippen LogP contribution in [0, 0.1) is 11.8 Å². The van der Waals surface area contributed by atoms with E-state index in [4.69, 9.17) is 5.73 Å². The number of carbonyl (C=O) groups excluding carboxylic acids is 1. The lowest BCUT2D eigenvalue weighted by Crippen LogP contribution is -2.43. The number of benzene rings is 1. The van der Waals surface area contributed by atoms with E-state index < -0.39 is 17.2 Å². The van der Waals surface area contributed by atoms with Crippen molar-refractivity contribution in [2.24, 2.45) is 11.8 Å². The van der Waals surface area contributed by atoms with Gasteiger partial charge in [0.15, 0.2) is 5.69 Å². The molecule has 1 amide bonds. The molecule has 0 bridgehead atoms. The summed E-state index contributed by atoms with van der Waals surface area (Å²) in [7, 11) is 0. The van der Waals surface area contributed by atoms with Gasteiger partial charge in [0.1, 0.15) is 11.5 Å². The Bertz CT molecular complexity index is 1190. The molecule has 0 fully saturated rings. The van der Waals surface area contributed by atoms with Gasteiger partial charge in [-0.3, -0.25) is 24.0 Å². The van der Waals surface area contributed by atoms with Crippen LogP contribution in [-0.2, 0) is 6.54 Å². The maximum absolute atomic E-state index is 13.4. The number of nitrogens with two attached hydrogens (primary N) is 1. The molecule has 0 saturated carbocycles. The lowest BCUT2D eigenvalue weighted by atomic mass is 10.1. The topological polar surface area (TPSA) is 114 Å². The minimum Gasteiger partial charge on any atom is -0.383 e. The standard InChI is InChI=1S/C22H27N5O3/c1-13(2)11-26(18-19(23)27(12-14(3)4)22(30)25-20(18)28)21(29)17-10-9-15-7-5-6-8-16(15)24-17/h5-10,13-14H,11-12,23H2,1-4H3,(H,25,28,30). The molecule has 0 aliphatic heterocycles. The van der Waals surface area contributed by atoms with Crippen LogP contribution in [0.2, 0.25) is 0 Å². The van der Waals surface area contributed by atoms with Gasteiger partial charge in [-0.15, -0.1) is 0 Å². The summed E-state index contributed by atoms with van der Waals surface area (Å²) in [5.74, 6) is -0.285. The summed E-state index contributed by atoms with van der Waals surface area (Å²) in [5.41, 5.74) is 5.83. The molecule has 0 spiro atoms. The van der Waals surface area contributed by atoms with Crippen LogP contribution in [0.4, 0.5) is 11.5 Å². The van der Waals surface area contributed by atoms with Crippen LogP contribution in [0.25, 0.3) is 10.9 Å². The Kier molecular flexibility index (Phi) is 6.05. The molecule has 3 N–H and O–H groups in total. The molecule has 3 aromatic rings. The maximum atomic E-state index is 13.4. The van der Waals surface area contributed by atoms with E-state index in [1.165, 1.54) is 9.47 Å². The number of H-pyrrole nitrogens is 1. The molecular weight excluding hydrogens is 382 g/mol. The lowest BCUT2D eigenvalue weighted by molar-refractivity contribution is 0.0979. The van der Waals surface area contributed by atoms with Crippen LogP contribution in [0.3, 0.4) is 0 Å². The van der Waals surface area contributed by atoms with Crippen molar-refractivity contribution in [3.05, 3.63) is 62.9 Å². The molecule has 0 radical (unpaired) electrons. The first kappa shape index (κ1) is 21.3. The summed E-state index contributed by atoms with van der Waals surface area (Å²) >= 11 is 0. The van der Waals surface area contributed by atoms with E-state index in [1.54, 1.807) is 6.07 Å². The molecule has 0 unspecified atom stereocenters. The third kappa shape index (κ3) is 4.27. The van der Waals surface area contributed by atoms with Gasteiger partial charge in [-0.05, 0) is 24.0 Å². The maximum Gasteiger partial charge on any atom is 0.330 e. The quantitative estimate of drug-likeness (QED) is 0.650. The van der Waals surface area contributed by atoms with Crippen LogP contribution in [0.15, 0.2) is 46.0 Å². The van der Waals surface area contributed by atoms with Crippen LogP contribution in [0.1, 0.15) is 38.2 Å². The minimum absolute atomic E-state index is 0.0211. The number of aromatic amines is 1. The highest BCUT2D eigenvalue weighted by Gasteiger charge is 2.27. The fraction of sp³-hybridized carbons (Fsp3) is 0.364. The molecule has 2 aromatic heterocycles. The number of aromatic nitrogens is 3. The predicted molar refractivity (Wildman–Crippen MR) is 119 cm³/mol. The number of hydrogen-bond donors (Lipinski definition) is 2. The van der Waals surface area contributed by atoms with Crippen LogP contribution in [-0.4, -0.2) is 27.0 Å². The van der Waals surface area contributed by atoms with Gasteiger partial charge in [0, 0.05) is 18.5 Å². The number of amides is 1. The molecule has 0 atom stereocenters. The third-order valence-corrected chi connectivity index (χ3v) is 4.64. The van der Waals surface area contributed by atoms with Crippen LogP contribution >= 0.6 is 0 Å². The lowest BCUT2D eigenvalue weighted by Gasteiger charge is -2.26. The summed E-state index contributed by atoms with van der Waals surface area (Å²) in [6, 6.07) is 10.9. The number of anilines is 2. The zero-order valence-electron chi connectivity index (χ0n) is 17.7. The molecule has 3 rings (SSSR count). The van der Waals surface area contributed by atoms with E-state index in [9.17, 15) is 14.4 Å². The fourth-order valence-electron chi connectivity index (χ4n) is 3.35. The molecule has 0 aliphatic rings. The third-order valence-electron chi connectivity index (χ3n) is 4.64. The predicted octanol–water partition coefficient (Wildman–Crippen LogP) is 2.63. The van der Waals surface area contributed by atoms with Crippen molar-refractivity contribution in [2.75, 3.05) is 17.2 Å². The summed E-state index contributed by atoms with van der Waals surface area (Å²) in [6.07, 6.45) is 0. The molecular formula is C22H27N5O3. The van der Waals surface area contributed by atoms with E-state index in [-0.39, 0.29) is 35.6 Å². The van der Waals surface area contributed by atoms with E-state index in [0.29, 0.717) is 12.1 Å².